The molecule has 1 heteroatoms. The topological polar surface area (TPSA) is 12.0 Å². The van der Waals surface area contributed by atoms with Crippen LogP contribution in [0.1, 0.15) is 57.6 Å². The van der Waals surface area contributed by atoms with E-state index in [1.54, 1.807) is 0 Å². The maximum absolute atomic E-state index is 3.71. The molecule has 0 saturated carbocycles. The van der Waals surface area contributed by atoms with Gasteiger partial charge in [-0.25, -0.2) is 0 Å². The fourth-order valence-electron chi connectivity index (χ4n) is 2.92. The van der Waals surface area contributed by atoms with E-state index in [0.717, 1.165) is 18.9 Å². The summed E-state index contributed by atoms with van der Waals surface area (Å²) in [4.78, 5) is 0. The Morgan fingerprint density at radius 2 is 1.95 bits per heavy atom. The monoisotopic (exact) mass is 261 g/mol. The largest absolute Gasteiger partial charge is 0.314 e. The zero-order chi connectivity index (χ0) is 14.1. The highest BCUT2D eigenvalue weighted by molar-refractivity contribution is 5.23. The van der Waals surface area contributed by atoms with Gasteiger partial charge in [0, 0.05) is 6.04 Å². The SMILES string of the molecule is CCCCC(CC)C(Cc1cccc(C)c1)NCC. The zero-order valence-corrected chi connectivity index (χ0v) is 13.2. The van der Waals surface area contributed by atoms with Crippen molar-refractivity contribution in [2.75, 3.05) is 6.54 Å². The average molecular weight is 261 g/mol. The van der Waals surface area contributed by atoms with Crippen LogP contribution >= 0.6 is 0 Å². The fourth-order valence-corrected chi connectivity index (χ4v) is 2.92. The third-order valence-corrected chi connectivity index (χ3v) is 4.03. The van der Waals surface area contributed by atoms with Gasteiger partial charge in [0.1, 0.15) is 0 Å². The molecule has 0 aliphatic carbocycles. The lowest BCUT2D eigenvalue weighted by Crippen LogP contribution is -2.37. The van der Waals surface area contributed by atoms with Crippen molar-refractivity contribution in [2.24, 2.45) is 5.92 Å². The van der Waals surface area contributed by atoms with Crippen molar-refractivity contribution < 1.29 is 0 Å². The molecular weight excluding hydrogens is 230 g/mol. The zero-order valence-electron chi connectivity index (χ0n) is 13.2. The van der Waals surface area contributed by atoms with E-state index in [-0.39, 0.29) is 0 Å². The molecular formula is C18H31N. The molecule has 1 rings (SSSR count). The van der Waals surface area contributed by atoms with Crippen molar-refractivity contribution in [2.45, 2.75) is 65.8 Å². The van der Waals surface area contributed by atoms with Crippen LogP contribution in [-0.2, 0) is 6.42 Å². The second-order valence-corrected chi connectivity index (χ2v) is 5.67. The summed E-state index contributed by atoms with van der Waals surface area (Å²) < 4.78 is 0. The first-order valence-corrected chi connectivity index (χ1v) is 8.00. The molecule has 2 atom stereocenters. The molecule has 0 spiro atoms. The average Bonchev–Trinajstić information content (AvgIpc) is 2.40. The van der Waals surface area contributed by atoms with E-state index >= 15 is 0 Å². The Balaban J connectivity index is 2.69. The number of unbranched alkanes of at least 4 members (excludes halogenated alkanes) is 1. The summed E-state index contributed by atoms with van der Waals surface area (Å²) in [7, 11) is 0. The maximum atomic E-state index is 3.71. The molecule has 108 valence electrons. The molecule has 1 aromatic rings. The predicted molar refractivity (Wildman–Crippen MR) is 85.7 cm³/mol. The summed E-state index contributed by atoms with van der Waals surface area (Å²) in [5, 5.41) is 3.71. The van der Waals surface area contributed by atoms with Crippen LogP contribution in [0.25, 0.3) is 0 Å². The second kappa shape index (κ2) is 9.14. The van der Waals surface area contributed by atoms with Crippen molar-refractivity contribution in [3.8, 4) is 0 Å². The first kappa shape index (κ1) is 16.2. The summed E-state index contributed by atoms with van der Waals surface area (Å²) in [6.45, 7) is 10.1. The lowest BCUT2D eigenvalue weighted by molar-refractivity contribution is 0.319. The van der Waals surface area contributed by atoms with Crippen molar-refractivity contribution in [3.63, 3.8) is 0 Å². The molecule has 0 aliphatic heterocycles. The minimum Gasteiger partial charge on any atom is -0.314 e. The van der Waals surface area contributed by atoms with Gasteiger partial charge in [0.15, 0.2) is 0 Å². The molecule has 2 unspecified atom stereocenters. The molecule has 1 nitrogen and oxygen atoms in total. The number of aryl methyl sites for hydroxylation is 1. The van der Waals surface area contributed by atoms with E-state index in [0.29, 0.717) is 6.04 Å². The van der Waals surface area contributed by atoms with Crippen LogP contribution in [0.5, 0.6) is 0 Å². The van der Waals surface area contributed by atoms with E-state index in [1.165, 1.54) is 36.8 Å². The predicted octanol–water partition coefficient (Wildman–Crippen LogP) is 4.73. The smallest absolute Gasteiger partial charge is 0.0135 e. The molecule has 0 amide bonds. The lowest BCUT2D eigenvalue weighted by Gasteiger charge is -2.27. The minimum atomic E-state index is 0.628. The molecule has 1 aromatic carbocycles. The maximum Gasteiger partial charge on any atom is 0.0135 e. The number of hydrogen-bond acceptors (Lipinski definition) is 1. The van der Waals surface area contributed by atoms with Gasteiger partial charge in [0.05, 0.1) is 0 Å². The highest BCUT2D eigenvalue weighted by Crippen LogP contribution is 2.20. The van der Waals surface area contributed by atoms with Gasteiger partial charge in [-0.15, -0.1) is 0 Å². The molecule has 0 bridgehead atoms. The summed E-state index contributed by atoms with van der Waals surface area (Å²) in [5.41, 5.74) is 2.84. The number of hydrogen-bond donors (Lipinski definition) is 1. The van der Waals surface area contributed by atoms with Gasteiger partial charge in [0.25, 0.3) is 0 Å². The van der Waals surface area contributed by atoms with Crippen molar-refractivity contribution in [1.82, 2.24) is 5.32 Å². The minimum absolute atomic E-state index is 0.628. The number of nitrogens with one attached hydrogen (secondary N) is 1. The first-order valence-electron chi connectivity index (χ1n) is 8.00. The molecule has 0 fully saturated rings. The Morgan fingerprint density at radius 1 is 1.16 bits per heavy atom. The van der Waals surface area contributed by atoms with Crippen molar-refractivity contribution in [1.29, 1.82) is 0 Å². The van der Waals surface area contributed by atoms with Crippen molar-refractivity contribution >= 4 is 0 Å². The molecule has 19 heavy (non-hydrogen) atoms. The van der Waals surface area contributed by atoms with Crippen LogP contribution in [0.4, 0.5) is 0 Å². The summed E-state index contributed by atoms with van der Waals surface area (Å²) >= 11 is 0. The van der Waals surface area contributed by atoms with E-state index in [2.05, 4.69) is 57.3 Å². The second-order valence-electron chi connectivity index (χ2n) is 5.67. The Bertz CT molecular complexity index is 345. The van der Waals surface area contributed by atoms with Crippen LogP contribution in [-0.4, -0.2) is 12.6 Å². The number of benzene rings is 1. The fraction of sp³-hybridized carbons (Fsp3) is 0.667. The molecule has 0 saturated heterocycles. The van der Waals surface area contributed by atoms with Gasteiger partial charge < -0.3 is 5.32 Å². The quantitative estimate of drug-likeness (QED) is 0.677. The van der Waals surface area contributed by atoms with E-state index in [4.69, 9.17) is 0 Å². The first-order chi connectivity index (χ1) is 9.21. The standard InChI is InChI=1S/C18H31N/c1-5-8-12-17(6-2)18(19-7-3)14-16-11-9-10-15(4)13-16/h9-11,13,17-19H,5-8,12,14H2,1-4H3. The summed E-state index contributed by atoms with van der Waals surface area (Å²) in [5.74, 6) is 0.806. The summed E-state index contributed by atoms with van der Waals surface area (Å²) in [6.07, 6.45) is 6.46. The third kappa shape index (κ3) is 5.78. The van der Waals surface area contributed by atoms with Crippen LogP contribution in [0.15, 0.2) is 24.3 Å². The third-order valence-electron chi connectivity index (χ3n) is 4.03. The Hall–Kier alpha value is -0.820. The van der Waals surface area contributed by atoms with Crippen molar-refractivity contribution in [3.05, 3.63) is 35.4 Å². The van der Waals surface area contributed by atoms with Crippen LogP contribution in [0, 0.1) is 12.8 Å². The lowest BCUT2D eigenvalue weighted by atomic mass is 9.87. The molecule has 0 radical (unpaired) electrons. The van der Waals surface area contributed by atoms with Gasteiger partial charge >= 0.3 is 0 Å². The molecule has 0 heterocycles. The Morgan fingerprint density at radius 3 is 2.53 bits per heavy atom. The highest BCUT2D eigenvalue weighted by atomic mass is 14.9. The van der Waals surface area contributed by atoms with E-state index in [1.807, 2.05) is 0 Å². The summed E-state index contributed by atoms with van der Waals surface area (Å²) in [6, 6.07) is 9.59. The number of rotatable bonds is 9. The van der Waals surface area contributed by atoms with Gasteiger partial charge in [-0.05, 0) is 37.8 Å². The van der Waals surface area contributed by atoms with Crippen LogP contribution in [0.2, 0.25) is 0 Å². The van der Waals surface area contributed by atoms with E-state index in [9.17, 15) is 0 Å². The number of likely N-dealkylation sites (N-methyl/N-ethyl adjacent to an activating group) is 1. The molecule has 0 aliphatic rings. The van der Waals surface area contributed by atoms with Crippen LogP contribution < -0.4 is 5.32 Å². The Labute approximate surface area is 119 Å². The van der Waals surface area contributed by atoms with E-state index < -0.39 is 0 Å². The normalized spacial score (nSPS) is 14.3. The van der Waals surface area contributed by atoms with Crippen LogP contribution in [0.3, 0.4) is 0 Å². The molecule has 1 N–H and O–H groups in total. The van der Waals surface area contributed by atoms with Gasteiger partial charge in [-0.1, -0.05) is 69.9 Å². The highest BCUT2D eigenvalue weighted by Gasteiger charge is 2.18. The Kier molecular flexibility index (Phi) is 7.81. The molecule has 0 aromatic heterocycles. The van der Waals surface area contributed by atoms with Gasteiger partial charge in [-0.2, -0.15) is 0 Å². The van der Waals surface area contributed by atoms with Gasteiger partial charge in [-0.3, -0.25) is 0 Å². The van der Waals surface area contributed by atoms with Gasteiger partial charge in [0.2, 0.25) is 0 Å².